The summed E-state index contributed by atoms with van der Waals surface area (Å²) in [4.78, 5) is 25.8. The summed E-state index contributed by atoms with van der Waals surface area (Å²) in [6.07, 6.45) is 12.2. The molecule has 0 fully saturated rings. The van der Waals surface area contributed by atoms with Gasteiger partial charge in [0.05, 0.1) is 34.3 Å². The van der Waals surface area contributed by atoms with Crippen molar-refractivity contribution in [2.24, 2.45) is 4.99 Å². The number of aromatic amines is 2. The van der Waals surface area contributed by atoms with Crippen LogP contribution in [0.25, 0.3) is 50.4 Å². The maximum Gasteiger partial charge on any atom is 0.159 e. The van der Waals surface area contributed by atoms with Gasteiger partial charge in [-0.1, -0.05) is 18.7 Å². The largest absolute Gasteiger partial charge is 0.336 e. The van der Waals surface area contributed by atoms with Crippen molar-refractivity contribution in [3.05, 3.63) is 73.5 Å². The first kappa shape index (κ1) is 18.6. The molecule has 0 radical (unpaired) electrons. The minimum atomic E-state index is 0.646. The maximum absolute atomic E-state index is 4.82. The third-order valence-electron chi connectivity index (χ3n) is 4.86. The fourth-order valence-corrected chi connectivity index (χ4v) is 3.42. The highest BCUT2D eigenvalue weighted by Gasteiger charge is 2.17. The van der Waals surface area contributed by atoms with Gasteiger partial charge in [-0.25, -0.2) is 4.98 Å². The van der Waals surface area contributed by atoms with Crippen LogP contribution in [0.1, 0.15) is 12.6 Å². The Morgan fingerprint density at radius 1 is 1.10 bits per heavy atom. The van der Waals surface area contributed by atoms with Gasteiger partial charge in [-0.3, -0.25) is 25.0 Å². The van der Waals surface area contributed by atoms with E-state index < -0.39 is 0 Å². The molecule has 150 valence electrons. The molecular formula is C23H18N8. The summed E-state index contributed by atoms with van der Waals surface area (Å²) in [5.74, 6) is 0.646. The molecule has 5 aromatic heterocycles. The second-order valence-corrected chi connectivity index (χ2v) is 6.76. The first-order valence-electron chi connectivity index (χ1n) is 9.70. The highest BCUT2D eigenvalue weighted by atomic mass is 15.1. The van der Waals surface area contributed by atoms with Crippen molar-refractivity contribution in [1.29, 1.82) is 0 Å². The van der Waals surface area contributed by atoms with Crippen LogP contribution in [0.15, 0.2) is 72.8 Å². The van der Waals surface area contributed by atoms with Crippen LogP contribution in [-0.2, 0) is 0 Å². The van der Waals surface area contributed by atoms with E-state index in [4.69, 9.17) is 4.98 Å². The molecule has 0 unspecified atom stereocenters. The summed E-state index contributed by atoms with van der Waals surface area (Å²) >= 11 is 0. The Morgan fingerprint density at radius 3 is 2.84 bits per heavy atom. The van der Waals surface area contributed by atoms with Crippen LogP contribution in [0, 0.1) is 0 Å². The SMILES string of the molecule is C=CC=N/C(=C\C)c1cc2c(-c3nc4c(-c5cccnc5)nccc4[nH]3)n[nH]c2cn1. The molecule has 5 rings (SSSR count). The van der Waals surface area contributed by atoms with Crippen LogP contribution in [0.2, 0.25) is 0 Å². The van der Waals surface area contributed by atoms with Gasteiger partial charge in [0.15, 0.2) is 5.82 Å². The predicted octanol–water partition coefficient (Wildman–Crippen LogP) is 4.58. The molecule has 0 aliphatic heterocycles. The standard InChI is InChI=1S/C23H18N8/c1-3-8-25-16(4-2)18-11-15-19(13-27-18)30-31-21(15)23-28-17-7-10-26-20(22(17)29-23)14-6-5-9-24-12-14/h3-13H,1H2,2H3,(H,28,29)(H,30,31)/b16-4-,25-8?. The van der Waals surface area contributed by atoms with E-state index in [0.717, 1.165) is 44.6 Å². The normalized spacial score (nSPS) is 12.2. The van der Waals surface area contributed by atoms with Crippen LogP contribution < -0.4 is 0 Å². The number of imidazole rings is 1. The predicted molar refractivity (Wildman–Crippen MR) is 122 cm³/mol. The van der Waals surface area contributed by atoms with Crippen molar-refractivity contribution in [2.75, 3.05) is 0 Å². The topological polar surface area (TPSA) is 108 Å². The molecule has 2 N–H and O–H groups in total. The molecule has 8 nitrogen and oxygen atoms in total. The van der Waals surface area contributed by atoms with Gasteiger partial charge in [0.25, 0.3) is 0 Å². The lowest BCUT2D eigenvalue weighted by Gasteiger charge is -2.01. The Kier molecular flexibility index (Phi) is 4.64. The fraction of sp³-hybridized carbons (Fsp3) is 0.0435. The Morgan fingerprint density at radius 2 is 2.03 bits per heavy atom. The van der Waals surface area contributed by atoms with E-state index in [1.807, 2.05) is 37.3 Å². The molecule has 0 aliphatic carbocycles. The number of rotatable bonds is 5. The van der Waals surface area contributed by atoms with E-state index in [9.17, 15) is 0 Å². The first-order valence-corrected chi connectivity index (χ1v) is 9.70. The molecule has 0 saturated heterocycles. The van der Waals surface area contributed by atoms with Gasteiger partial charge in [0, 0.05) is 35.8 Å². The second kappa shape index (κ2) is 7.75. The Bertz CT molecular complexity index is 1460. The fourth-order valence-electron chi connectivity index (χ4n) is 3.42. The zero-order valence-electron chi connectivity index (χ0n) is 16.7. The van der Waals surface area contributed by atoms with Crippen molar-refractivity contribution in [3.8, 4) is 22.8 Å². The highest BCUT2D eigenvalue weighted by molar-refractivity contribution is 5.96. The minimum absolute atomic E-state index is 0.646. The smallest absolute Gasteiger partial charge is 0.159 e. The zero-order chi connectivity index (χ0) is 21.2. The summed E-state index contributed by atoms with van der Waals surface area (Å²) in [5, 5.41) is 8.41. The monoisotopic (exact) mass is 406 g/mol. The summed E-state index contributed by atoms with van der Waals surface area (Å²) in [6, 6.07) is 7.70. The number of aliphatic imine (C=N–C) groups is 1. The lowest BCUT2D eigenvalue weighted by atomic mass is 10.1. The van der Waals surface area contributed by atoms with Gasteiger partial charge in [-0.05, 0) is 31.2 Å². The average molecular weight is 406 g/mol. The van der Waals surface area contributed by atoms with E-state index >= 15 is 0 Å². The molecule has 31 heavy (non-hydrogen) atoms. The maximum atomic E-state index is 4.82. The molecule has 0 saturated carbocycles. The summed E-state index contributed by atoms with van der Waals surface area (Å²) in [7, 11) is 0. The van der Waals surface area contributed by atoms with Crippen LogP contribution >= 0.6 is 0 Å². The molecule has 0 spiro atoms. The van der Waals surface area contributed by atoms with Gasteiger partial charge in [-0.15, -0.1) is 0 Å². The van der Waals surface area contributed by atoms with Crippen molar-refractivity contribution >= 4 is 33.8 Å². The number of pyridine rings is 3. The lowest BCUT2D eigenvalue weighted by molar-refractivity contribution is 1.10. The van der Waals surface area contributed by atoms with Crippen LogP contribution in [0.4, 0.5) is 0 Å². The molecule has 0 aliphatic rings. The molecule has 0 bridgehead atoms. The van der Waals surface area contributed by atoms with Gasteiger partial charge in [0.2, 0.25) is 0 Å². The molecule has 0 aromatic carbocycles. The quantitative estimate of drug-likeness (QED) is 0.416. The van der Waals surface area contributed by atoms with Crippen molar-refractivity contribution in [3.63, 3.8) is 0 Å². The van der Waals surface area contributed by atoms with Crippen molar-refractivity contribution in [2.45, 2.75) is 6.92 Å². The van der Waals surface area contributed by atoms with Gasteiger partial charge in [-0.2, -0.15) is 5.10 Å². The van der Waals surface area contributed by atoms with Crippen LogP contribution in [0.3, 0.4) is 0 Å². The number of aromatic nitrogens is 7. The van der Waals surface area contributed by atoms with Crippen LogP contribution in [-0.4, -0.2) is 41.3 Å². The van der Waals surface area contributed by atoms with Gasteiger partial charge >= 0.3 is 0 Å². The van der Waals surface area contributed by atoms with E-state index in [0.29, 0.717) is 11.5 Å². The Balaban J connectivity index is 1.65. The molecule has 5 heterocycles. The lowest BCUT2D eigenvalue weighted by Crippen LogP contribution is -1.88. The summed E-state index contributed by atoms with van der Waals surface area (Å²) in [6.45, 7) is 5.59. The number of H-pyrrole nitrogens is 2. The highest BCUT2D eigenvalue weighted by Crippen LogP contribution is 2.30. The number of hydrogen-bond acceptors (Lipinski definition) is 6. The molecule has 0 atom stereocenters. The summed E-state index contributed by atoms with van der Waals surface area (Å²) < 4.78 is 0. The molecule has 5 aromatic rings. The van der Waals surface area contributed by atoms with E-state index in [1.54, 1.807) is 37.1 Å². The third-order valence-corrected chi connectivity index (χ3v) is 4.86. The number of fused-ring (bicyclic) bond motifs is 2. The van der Waals surface area contributed by atoms with E-state index in [2.05, 4.69) is 41.7 Å². The number of nitrogens with zero attached hydrogens (tertiary/aromatic N) is 6. The molecular weight excluding hydrogens is 388 g/mol. The summed E-state index contributed by atoms with van der Waals surface area (Å²) in [5.41, 5.74) is 6.32. The Labute approximate surface area is 177 Å². The number of allylic oxidation sites excluding steroid dienone is 2. The average Bonchev–Trinajstić information content (AvgIpc) is 3.43. The van der Waals surface area contributed by atoms with Gasteiger partial charge in [0.1, 0.15) is 11.2 Å². The zero-order valence-corrected chi connectivity index (χ0v) is 16.7. The van der Waals surface area contributed by atoms with E-state index in [-0.39, 0.29) is 0 Å². The number of nitrogens with one attached hydrogen (secondary N) is 2. The number of hydrogen-bond donors (Lipinski definition) is 2. The molecule has 8 heteroatoms. The van der Waals surface area contributed by atoms with Gasteiger partial charge < -0.3 is 4.98 Å². The Hall–Kier alpha value is -4.46. The second-order valence-electron chi connectivity index (χ2n) is 6.76. The first-order chi connectivity index (χ1) is 15.3. The minimum Gasteiger partial charge on any atom is -0.336 e. The molecule has 0 amide bonds. The van der Waals surface area contributed by atoms with Crippen LogP contribution in [0.5, 0.6) is 0 Å². The third kappa shape index (κ3) is 3.29. The van der Waals surface area contributed by atoms with E-state index in [1.165, 1.54) is 0 Å². The van der Waals surface area contributed by atoms with Crippen molar-refractivity contribution in [1.82, 2.24) is 35.1 Å². The van der Waals surface area contributed by atoms with Crippen molar-refractivity contribution < 1.29 is 0 Å².